The van der Waals surface area contributed by atoms with E-state index in [1.807, 2.05) is 24.3 Å². The summed E-state index contributed by atoms with van der Waals surface area (Å²) in [4.78, 5) is 6.91. The Labute approximate surface area is 168 Å². The zero-order chi connectivity index (χ0) is 20.1. The van der Waals surface area contributed by atoms with Gasteiger partial charge in [0.2, 0.25) is 0 Å². The van der Waals surface area contributed by atoms with Crippen molar-refractivity contribution in [3.63, 3.8) is 0 Å². The van der Waals surface area contributed by atoms with Crippen molar-refractivity contribution in [1.82, 2.24) is 9.88 Å². The van der Waals surface area contributed by atoms with Gasteiger partial charge in [-0.3, -0.25) is 4.90 Å². The van der Waals surface area contributed by atoms with Gasteiger partial charge in [0.1, 0.15) is 11.6 Å². The lowest BCUT2D eigenvalue weighted by Gasteiger charge is -2.26. The maximum atomic E-state index is 13.4. The lowest BCUT2D eigenvalue weighted by Crippen LogP contribution is -2.37. The molecule has 29 heavy (non-hydrogen) atoms. The minimum atomic E-state index is -0.897. The van der Waals surface area contributed by atoms with Crippen LogP contribution in [0.3, 0.4) is 0 Å². The summed E-state index contributed by atoms with van der Waals surface area (Å²) in [6, 6.07) is 13.1. The smallest absolute Gasteiger partial charge is 0.160 e. The van der Waals surface area contributed by atoms with Gasteiger partial charge in [-0.2, -0.15) is 0 Å². The van der Waals surface area contributed by atoms with E-state index in [4.69, 9.17) is 9.47 Å². The first-order chi connectivity index (χ1) is 14.2. The fraction of sp³-hybridized carbons (Fsp3) is 0.318. The molecule has 2 heterocycles. The lowest BCUT2D eigenvalue weighted by molar-refractivity contribution is 0.0358. The number of halogens is 2. The molecule has 0 atom stereocenters. The molecule has 4 rings (SSSR count). The molecule has 0 bridgehead atoms. The number of hydrogen-bond donors (Lipinski definition) is 1. The van der Waals surface area contributed by atoms with Crippen molar-refractivity contribution < 1.29 is 18.3 Å². The van der Waals surface area contributed by atoms with E-state index in [-0.39, 0.29) is 0 Å². The Morgan fingerprint density at radius 1 is 1.00 bits per heavy atom. The number of fused-ring (bicyclic) bond motifs is 1. The van der Waals surface area contributed by atoms with Crippen LogP contribution in [0.5, 0.6) is 5.75 Å². The maximum Gasteiger partial charge on any atom is 0.160 e. The maximum absolute atomic E-state index is 13.4. The Hall–Kier alpha value is -2.77. The van der Waals surface area contributed by atoms with Gasteiger partial charge in [-0.1, -0.05) is 0 Å². The molecule has 0 saturated carbocycles. The van der Waals surface area contributed by atoms with Gasteiger partial charge >= 0.3 is 0 Å². The molecule has 0 amide bonds. The Bertz CT molecular complexity index is 977. The van der Waals surface area contributed by atoms with Gasteiger partial charge < -0.3 is 14.8 Å². The average Bonchev–Trinajstić information content (AvgIpc) is 2.75. The first-order valence-corrected chi connectivity index (χ1v) is 9.73. The second kappa shape index (κ2) is 9.15. The number of hydrogen-bond acceptors (Lipinski definition) is 5. The summed E-state index contributed by atoms with van der Waals surface area (Å²) in [5, 5.41) is 3.94. The van der Waals surface area contributed by atoms with E-state index < -0.39 is 11.6 Å². The van der Waals surface area contributed by atoms with Crippen LogP contribution < -0.4 is 10.1 Å². The van der Waals surface area contributed by atoms with Crippen LogP contribution in [0.1, 0.15) is 6.42 Å². The van der Waals surface area contributed by atoms with Crippen molar-refractivity contribution in [2.24, 2.45) is 0 Å². The fourth-order valence-corrected chi connectivity index (χ4v) is 3.29. The molecule has 0 radical (unpaired) electrons. The second-order valence-electron chi connectivity index (χ2n) is 6.96. The fourth-order valence-electron chi connectivity index (χ4n) is 3.29. The Morgan fingerprint density at radius 2 is 1.86 bits per heavy atom. The highest BCUT2D eigenvalue weighted by Gasteiger charge is 2.09. The number of nitrogens with zero attached hydrogens (tertiary/aromatic N) is 2. The van der Waals surface area contributed by atoms with Crippen molar-refractivity contribution in [1.29, 1.82) is 0 Å². The van der Waals surface area contributed by atoms with Gasteiger partial charge in [0.05, 0.1) is 25.3 Å². The third-order valence-corrected chi connectivity index (χ3v) is 4.84. The van der Waals surface area contributed by atoms with E-state index >= 15 is 0 Å². The van der Waals surface area contributed by atoms with E-state index in [0.29, 0.717) is 18.1 Å². The van der Waals surface area contributed by atoms with Crippen LogP contribution in [0.25, 0.3) is 10.9 Å². The molecule has 1 aliphatic heterocycles. The molecule has 2 aromatic carbocycles. The topological polar surface area (TPSA) is 46.6 Å². The van der Waals surface area contributed by atoms with E-state index in [1.54, 1.807) is 6.07 Å². The summed E-state index contributed by atoms with van der Waals surface area (Å²) in [6.07, 6.45) is 0.966. The SMILES string of the molecule is Fc1ccc(Nc2ccc3cc(OCCCN4CCOCC4)ccc3n2)cc1F. The minimum absolute atomic E-state index is 0.441. The summed E-state index contributed by atoms with van der Waals surface area (Å²) in [7, 11) is 0. The van der Waals surface area contributed by atoms with E-state index in [9.17, 15) is 8.78 Å². The van der Waals surface area contributed by atoms with Gasteiger partial charge in [0.25, 0.3) is 0 Å². The average molecular weight is 399 g/mol. The van der Waals surface area contributed by atoms with Crippen molar-refractivity contribution in [3.8, 4) is 5.75 Å². The molecule has 0 spiro atoms. The number of ether oxygens (including phenoxy) is 2. The first-order valence-electron chi connectivity index (χ1n) is 9.73. The van der Waals surface area contributed by atoms with Crippen LogP contribution in [0, 0.1) is 11.6 Å². The van der Waals surface area contributed by atoms with Crippen molar-refractivity contribution in [2.75, 3.05) is 44.8 Å². The Morgan fingerprint density at radius 3 is 2.69 bits per heavy atom. The molecule has 1 aliphatic rings. The molecule has 1 fully saturated rings. The molecule has 0 unspecified atom stereocenters. The van der Waals surface area contributed by atoms with Gasteiger partial charge in [-0.15, -0.1) is 0 Å². The number of morpholine rings is 1. The van der Waals surface area contributed by atoms with Crippen molar-refractivity contribution in [3.05, 3.63) is 60.2 Å². The summed E-state index contributed by atoms with van der Waals surface area (Å²) in [6.45, 7) is 5.27. The van der Waals surface area contributed by atoms with E-state index in [2.05, 4.69) is 15.2 Å². The number of pyridine rings is 1. The molecular formula is C22H23F2N3O2. The zero-order valence-corrected chi connectivity index (χ0v) is 16.0. The standard InChI is InChI=1S/C22H23F2N3O2/c23-19-5-3-17(15-20(19)24)25-22-7-2-16-14-18(4-6-21(16)26-22)29-11-1-8-27-9-12-28-13-10-27/h2-7,14-15H,1,8-13H2,(H,25,26). The molecule has 7 heteroatoms. The monoisotopic (exact) mass is 399 g/mol. The third-order valence-electron chi connectivity index (χ3n) is 4.84. The largest absolute Gasteiger partial charge is 0.494 e. The number of aromatic nitrogens is 1. The predicted molar refractivity (Wildman–Crippen MR) is 109 cm³/mol. The van der Waals surface area contributed by atoms with Crippen LogP contribution in [0.2, 0.25) is 0 Å². The zero-order valence-electron chi connectivity index (χ0n) is 16.0. The highest BCUT2D eigenvalue weighted by atomic mass is 19.2. The van der Waals surface area contributed by atoms with Crippen LogP contribution in [-0.2, 0) is 4.74 Å². The molecule has 152 valence electrons. The van der Waals surface area contributed by atoms with Crippen molar-refractivity contribution >= 4 is 22.4 Å². The quantitative estimate of drug-likeness (QED) is 0.599. The summed E-state index contributed by atoms with van der Waals surface area (Å²) in [5.74, 6) is -0.407. The van der Waals surface area contributed by atoms with Crippen molar-refractivity contribution in [2.45, 2.75) is 6.42 Å². The number of anilines is 2. The lowest BCUT2D eigenvalue weighted by atomic mass is 10.2. The van der Waals surface area contributed by atoms with Gasteiger partial charge in [-0.05, 0) is 48.9 Å². The van der Waals surface area contributed by atoms with Crippen LogP contribution >= 0.6 is 0 Å². The highest BCUT2D eigenvalue weighted by Crippen LogP contribution is 2.23. The summed E-state index contributed by atoms with van der Waals surface area (Å²) < 4.78 is 37.6. The molecular weight excluding hydrogens is 376 g/mol. The Kier molecular flexibility index (Phi) is 6.17. The van der Waals surface area contributed by atoms with Gasteiger partial charge in [0.15, 0.2) is 11.6 Å². The molecule has 5 nitrogen and oxygen atoms in total. The normalized spacial score (nSPS) is 14.8. The molecule has 1 aromatic heterocycles. The molecule has 1 saturated heterocycles. The summed E-state index contributed by atoms with van der Waals surface area (Å²) >= 11 is 0. The van der Waals surface area contributed by atoms with Gasteiger partial charge in [0, 0.05) is 36.8 Å². The molecule has 0 aliphatic carbocycles. The van der Waals surface area contributed by atoms with Gasteiger partial charge in [-0.25, -0.2) is 13.8 Å². The number of benzene rings is 2. The van der Waals surface area contributed by atoms with E-state index in [1.165, 1.54) is 6.07 Å². The first kappa shape index (κ1) is 19.5. The number of rotatable bonds is 7. The number of nitrogens with one attached hydrogen (secondary N) is 1. The minimum Gasteiger partial charge on any atom is -0.494 e. The van der Waals surface area contributed by atoms with Crippen LogP contribution in [0.15, 0.2) is 48.5 Å². The molecule has 3 aromatic rings. The molecule has 1 N–H and O–H groups in total. The highest BCUT2D eigenvalue weighted by molar-refractivity contribution is 5.82. The van der Waals surface area contributed by atoms with E-state index in [0.717, 1.165) is 68.1 Å². The predicted octanol–water partition coefficient (Wildman–Crippen LogP) is 4.36. The van der Waals surface area contributed by atoms with Crippen LogP contribution in [-0.4, -0.2) is 49.3 Å². The Balaban J connectivity index is 1.34. The third kappa shape index (κ3) is 5.19. The van der Waals surface area contributed by atoms with Crippen LogP contribution in [0.4, 0.5) is 20.3 Å². The summed E-state index contributed by atoms with van der Waals surface area (Å²) in [5.41, 5.74) is 1.23. The second-order valence-corrected chi connectivity index (χ2v) is 6.96.